The third-order valence-corrected chi connectivity index (χ3v) is 4.37. The van der Waals surface area contributed by atoms with Crippen LogP contribution in [0, 0.1) is 10.8 Å². The molecule has 1 aliphatic heterocycles. The van der Waals surface area contributed by atoms with Crippen molar-refractivity contribution in [2.45, 2.75) is 47.5 Å². The number of allylic oxidation sites excluding steroid dienone is 2. The lowest BCUT2D eigenvalue weighted by molar-refractivity contribution is -0.153. The second-order valence-electron chi connectivity index (χ2n) is 7.16. The van der Waals surface area contributed by atoms with E-state index < -0.39 is 5.41 Å². The molecule has 0 amide bonds. The number of ether oxygens (including phenoxy) is 3. The molecular weight excluding hydrogens is 280 g/mol. The summed E-state index contributed by atoms with van der Waals surface area (Å²) in [6, 6.07) is 0. The molecule has 4 heteroatoms. The zero-order valence-electron chi connectivity index (χ0n) is 14.4. The minimum atomic E-state index is -0.567. The highest BCUT2D eigenvalue weighted by Crippen LogP contribution is 2.52. The van der Waals surface area contributed by atoms with E-state index in [1.54, 1.807) is 19.6 Å². The van der Waals surface area contributed by atoms with E-state index in [2.05, 4.69) is 13.8 Å². The van der Waals surface area contributed by atoms with Crippen LogP contribution in [0.4, 0.5) is 0 Å². The van der Waals surface area contributed by atoms with Gasteiger partial charge < -0.3 is 14.2 Å². The third-order valence-electron chi connectivity index (χ3n) is 4.37. The van der Waals surface area contributed by atoms with Crippen LogP contribution in [-0.4, -0.2) is 19.7 Å². The van der Waals surface area contributed by atoms with E-state index in [-0.39, 0.29) is 11.4 Å². The van der Waals surface area contributed by atoms with E-state index in [1.165, 1.54) is 5.57 Å². The van der Waals surface area contributed by atoms with Gasteiger partial charge in [-0.2, -0.15) is 0 Å². The molecular formula is C18H26O4. The Morgan fingerprint density at radius 1 is 1.36 bits per heavy atom. The lowest BCUT2D eigenvalue weighted by atomic mass is 9.75. The minimum absolute atomic E-state index is 0.0315. The smallest absolute Gasteiger partial charge is 0.311 e. The highest BCUT2D eigenvalue weighted by atomic mass is 16.5. The van der Waals surface area contributed by atoms with Gasteiger partial charge in [-0.1, -0.05) is 19.4 Å². The number of hydrogen-bond donors (Lipinski definition) is 0. The molecule has 0 atom stereocenters. The number of carbonyl (C=O) groups is 1. The fraction of sp³-hybridized carbons (Fsp3) is 0.611. The van der Waals surface area contributed by atoms with Gasteiger partial charge in [-0.05, 0) is 44.6 Å². The van der Waals surface area contributed by atoms with E-state index >= 15 is 0 Å². The number of carbonyl (C=O) groups excluding carboxylic acids is 1. The molecule has 4 nitrogen and oxygen atoms in total. The molecule has 0 saturated heterocycles. The van der Waals surface area contributed by atoms with Gasteiger partial charge in [0.15, 0.2) is 5.76 Å². The van der Waals surface area contributed by atoms with Gasteiger partial charge in [0.1, 0.15) is 6.26 Å². The van der Waals surface area contributed by atoms with Crippen LogP contribution < -0.4 is 0 Å². The van der Waals surface area contributed by atoms with E-state index in [1.807, 2.05) is 20.8 Å². The van der Waals surface area contributed by atoms with E-state index in [0.717, 1.165) is 23.3 Å². The summed E-state index contributed by atoms with van der Waals surface area (Å²) in [5, 5.41) is 0. The standard InChI is InChI=1S/C18H26O4/c1-7-22-16(19)18(4,5)9-13-15-12(8-17(13,2)3)10-21-11-14(15)20-6/h10-11H,7-9H2,1-6H3. The highest BCUT2D eigenvalue weighted by Gasteiger charge is 2.43. The molecule has 0 saturated carbocycles. The molecule has 122 valence electrons. The molecule has 0 aromatic carbocycles. The maximum absolute atomic E-state index is 12.2. The minimum Gasteiger partial charge on any atom is -0.493 e. The predicted octanol–water partition coefficient (Wildman–Crippen LogP) is 4.09. The summed E-state index contributed by atoms with van der Waals surface area (Å²) in [6.45, 7) is 10.5. The van der Waals surface area contributed by atoms with Gasteiger partial charge >= 0.3 is 5.97 Å². The molecule has 22 heavy (non-hydrogen) atoms. The summed E-state index contributed by atoms with van der Waals surface area (Å²) < 4.78 is 16.1. The molecule has 0 bridgehead atoms. The quantitative estimate of drug-likeness (QED) is 0.718. The van der Waals surface area contributed by atoms with Crippen molar-refractivity contribution in [1.29, 1.82) is 0 Å². The van der Waals surface area contributed by atoms with Gasteiger partial charge in [0.2, 0.25) is 0 Å². The maximum Gasteiger partial charge on any atom is 0.311 e. The summed E-state index contributed by atoms with van der Waals surface area (Å²) in [7, 11) is 1.64. The molecule has 2 aliphatic rings. The van der Waals surface area contributed by atoms with E-state index in [4.69, 9.17) is 14.2 Å². The Morgan fingerprint density at radius 3 is 2.64 bits per heavy atom. The number of hydrogen-bond acceptors (Lipinski definition) is 4. The average Bonchev–Trinajstić information content (AvgIpc) is 2.69. The Bertz CT molecular complexity index is 562. The Kier molecular flexibility index (Phi) is 4.41. The first-order chi connectivity index (χ1) is 10.2. The maximum atomic E-state index is 12.2. The molecule has 0 aromatic rings. The second-order valence-corrected chi connectivity index (χ2v) is 7.16. The Balaban J connectivity index is 2.41. The van der Waals surface area contributed by atoms with Crippen LogP contribution in [0.25, 0.3) is 0 Å². The van der Waals surface area contributed by atoms with Crippen molar-refractivity contribution in [1.82, 2.24) is 0 Å². The normalized spacial score (nSPS) is 19.9. The largest absolute Gasteiger partial charge is 0.493 e. The van der Waals surface area contributed by atoms with Crippen LogP contribution in [0.2, 0.25) is 0 Å². The topological polar surface area (TPSA) is 44.8 Å². The van der Waals surface area contributed by atoms with Crippen molar-refractivity contribution >= 4 is 5.97 Å². The molecule has 1 heterocycles. The molecule has 2 rings (SSSR count). The molecule has 0 spiro atoms. The van der Waals surface area contributed by atoms with Gasteiger partial charge in [-0.3, -0.25) is 4.79 Å². The van der Waals surface area contributed by atoms with Crippen molar-refractivity contribution in [2.24, 2.45) is 10.8 Å². The number of esters is 1. The lowest BCUT2D eigenvalue weighted by Crippen LogP contribution is -2.29. The third kappa shape index (κ3) is 2.92. The lowest BCUT2D eigenvalue weighted by Gasteiger charge is -2.30. The van der Waals surface area contributed by atoms with E-state index in [9.17, 15) is 4.79 Å². The first-order valence-electron chi connectivity index (χ1n) is 7.73. The summed E-state index contributed by atoms with van der Waals surface area (Å²) in [5.74, 6) is 0.573. The van der Waals surface area contributed by atoms with Gasteiger partial charge in [-0.25, -0.2) is 0 Å². The Hall–Kier alpha value is -1.71. The van der Waals surface area contributed by atoms with Gasteiger partial charge in [0.05, 0.1) is 25.4 Å². The number of fused-ring (bicyclic) bond motifs is 1. The zero-order chi connectivity index (χ0) is 16.5. The Labute approximate surface area is 132 Å². The van der Waals surface area contributed by atoms with E-state index in [0.29, 0.717) is 13.0 Å². The SMILES string of the molecule is CCOC(=O)C(C)(C)CC1=C2C(=COC=C2OC)CC1(C)C. The van der Waals surface area contributed by atoms with Crippen LogP contribution in [0.15, 0.2) is 35.0 Å². The molecule has 0 radical (unpaired) electrons. The fourth-order valence-corrected chi connectivity index (χ4v) is 3.17. The van der Waals surface area contributed by atoms with Gasteiger partial charge in [-0.15, -0.1) is 0 Å². The monoisotopic (exact) mass is 306 g/mol. The summed E-state index contributed by atoms with van der Waals surface area (Å²) in [4.78, 5) is 12.2. The average molecular weight is 306 g/mol. The van der Waals surface area contributed by atoms with Crippen molar-refractivity contribution in [3.05, 3.63) is 35.0 Å². The summed E-state index contributed by atoms with van der Waals surface area (Å²) in [5.41, 5.74) is 2.86. The molecule has 0 unspecified atom stereocenters. The van der Waals surface area contributed by atoms with Crippen LogP contribution in [0.1, 0.15) is 47.5 Å². The van der Waals surface area contributed by atoms with Crippen molar-refractivity contribution in [2.75, 3.05) is 13.7 Å². The summed E-state index contributed by atoms with van der Waals surface area (Å²) >= 11 is 0. The number of rotatable bonds is 5. The van der Waals surface area contributed by atoms with Gasteiger partial charge in [0.25, 0.3) is 0 Å². The van der Waals surface area contributed by atoms with Crippen LogP contribution in [0.3, 0.4) is 0 Å². The van der Waals surface area contributed by atoms with Crippen molar-refractivity contribution in [3.63, 3.8) is 0 Å². The van der Waals surface area contributed by atoms with Crippen LogP contribution in [-0.2, 0) is 19.0 Å². The first-order valence-corrected chi connectivity index (χ1v) is 7.73. The zero-order valence-corrected chi connectivity index (χ0v) is 14.4. The molecule has 0 fully saturated rings. The summed E-state index contributed by atoms with van der Waals surface area (Å²) in [6.07, 6.45) is 4.94. The highest BCUT2D eigenvalue weighted by molar-refractivity contribution is 5.76. The van der Waals surface area contributed by atoms with Gasteiger partial charge in [0, 0.05) is 5.57 Å². The number of methoxy groups -OCH3 is 1. The Morgan fingerprint density at radius 2 is 2.05 bits per heavy atom. The molecule has 1 aliphatic carbocycles. The van der Waals surface area contributed by atoms with Crippen LogP contribution in [0.5, 0.6) is 0 Å². The molecule has 0 N–H and O–H groups in total. The van der Waals surface area contributed by atoms with Crippen LogP contribution >= 0.6 is 0 Å². The predicted molar refractivity (Wildman–Crippen MR) is 84.7 cm³/mol. The fourth-order valence-electron chi connectivity index (χ4n) is 3.17. The van der Waals surface area contributed by atoms with Crippen molar-refractivity contribution < 1.29 is 19.0 Å². The molecule has 0 aromatic heterocycles. The first kappa shape index (κ1) is 16.7. The van der Waals surface area contributed by atoms with Crippen molar-refractivity contribution in [3.8, 4) is 0 Å². The second kappa shape index (κ2) is 5.82.